The van der Waals surface area contributed by atoms with Crippen LogP contribution in [-0.4, -0.2) is 42.1 Å². The number of hydrogen-bond acceptors (Lipinski definition) is 3. The van der Waals surface area contributed by atoms with Gasteiger partial charge in [-0.15, -0.1) is 0 Å². The normalized spacial score (nSPS) is 23.2. The van der Waals surface area contributed by atoms with E-state index in [1.54, 1.807) is 0 Å². The van der Waals surface area contributed by atoms with E-state index in [0.29, 0.717) is 0 Å². The minimum absolute atomic E-state index is 0.916. The van der Waals surface area contributed by atoms with Gasteiger partial charge in [0.2, 0.25) is 0 Å². The fourth-order valence-electron chi connectivity index (χ4n) is 2.33. The molecule has 86 valence electrons. The molecule has 1 aromatic carbocycles. The van der Waals surface area contributed by atoms with E-state index in [0.717, 1.165) is 19.1 Å². The summed E-state index contributed by atoms with van der Waals surface area (Å²) >= 11 is 0. The van der Waals surface area contributed by atoms with E-state index in [1.165, 1.54) is 31.6 Å². The molecule has 0 amide bonds. The molecule has 2 aliphatic rings. The van der Waals surface area contributed by atoms with Crippen molar-refractivity contribution < 1.29 is 0 Å². The topological polar surface area (TPSA) is 18.5 Å². The van der Waals surface area contributed by atoms with Gasteiger partial charge in [0, 0.05) is 37.9 Å². The third kappa shape index (κ3) is 2.36. The molecule has 2 fully saturated rings. The second-order valence-electron chi connectivity index (χ2n) is 4.73. The van der Waals surface area contributed by atoms with Gasteiger partial charge in [0.1, 0.15) is 0 Å². The monoisotopic (exact) mass is 217 g/mol. The molecule has 0 radical (unpaired) electrons. The van der Waals surface area contributed by atoms with Crippen LogP contribution in [0.5, 0.6) is 0 Å². The summed E-state index contributed by atoms with van der Waals surface area (Å²) in [6, 6.07) is 11.3. The molecular weight excluding hydrogens is 198 g/mol. The molecule has 1 aliphatic carbocycles. The smallest absolute Gasteiger partial charge is 0.0490 e. The van der Waals surface area contributed by atoms with E-state index in [4.69, 9.17) is 0 Å². The van der Waals surface area contributed by atoms with Crippen molar-refractivity contribution in [1.29, 1.82) is 0 Å². The highest BCUT2D eigenvalue weighted by Crippen LogP contribution is 2.27. The van der Waals surface area contributed by atoms with Gasteiger partial charge in [0.15, 0.2) is 0 Å². The lowest BCUT2D eigenvalue weighted by atomic mass is 10.3. The molecule has 1 saturated carbocycles. The third-order valence-electron chi connectivity index (χ3n) is 3.44. The summed E-state index contributed by atoms with van der Waals surface area (Å²) in [5, 5.41) is 2.33. The molecule has 0 unspecified atom stereocenters. The molecule has 3 heteroatoms. The van der Waals surface area contributed by atoms with Crippen molar-refractivity contribution in [1.82, 2.24) is 9.91 Å². The van der Waals surface area contributed by atoms with Crippen molar-refractivity contribution in [2.24, 2.45) is 0 Å². The van der Waals surface area contributed by atoms with Gasteiger partial charge in [-0.2, -0.15) is 0 Å². The Labute approximate surface area is 97.0 Å². The van der Waals surface area contributed by atoms with Crippen LogP contribution in [0.25, 0.3) is 0 Å². The molecule has 0 spiro atoms. The summed E-state index contributed by atoms with van der Waals surface area (Å²) in [4.78, 5) is 2.63. The largest absolute Gasteiger partial charge is 0.319 e. The van der Waals surface area contributed by atoms with Crippen LogP contribution in [0.2, 0.25) is 0 Å². The van der Waals surface area contributed by atoms with E-state index < -0.39 is 0 Å². The number of anilines is 1. The molecule has 0 bridgehead atoms. The van der Waals surface area contributed by atoms with E-state index in [2.05, 4.69) is 45.7 Å². The zero-order valence-electron chi connectivity index (χ0n) is 9.60. The minimum Gasteiger partial charge on any atom is -0.319 e. The standard InChI is InChI=1S/C13H19N3/c1-2-4-12(5-3-1)14-16-10-8-15(9-11-16)13-6-7-13/h1-5,13-14H,6-11H2. The number of benzene rings is 1. The van der Waals surface area contributed by atoms with Crippen LogP contribution in [0.4, 0.5) is 5.69 Å². The van der Waals surface area contributed by atoms with Gasteiger partial charge in [-0.1, -0.05) is 18.2 Å². The molecule has 0 aromatic heterocycles. The van der Waals surface area contributed by atoms with Crippen molar-refractivity contribution in [2.75, 3.05) is 31.6 Å². The SMILES string of the molecule is c1ccc(NN2CCN(C3CC3)CC2)cc1. The number of piperazine rings is 1. The second kappa shape index (κ2) is 4.44. The van der Waals surface area contributed by atoms with Crippen molar-refractivity contribution in [2.45, 2.75) is 18.9 Å². The second-order valence-corrected chi connectivity index (χ2v) is 4.73. The average molecular weight is 217 g/mol. The Morgan fingerprint density at radius 2 is 1.62 bits per heavy atom. The lowest BCUT2D eigenvalue weighted by molar-refractivity contribution is 0.146. The van der Waals surface area contributed by atoms with Crippen molar-refractivity contribution in [3.8, 4) is 0 Å². The first-order chi connectivity index (χ1) is 7.92. The van der Waals surface area contributed by atoms with E-state index in [9.17, 15) is 0 Å². The fourth-order valence-corrected chi connectivity index (χ4v) is 2.33. The minimum atomic E-state index is 0.916. The van der Waals surface area contributed by atoms with Crippen LogP contribution in [0.1, 0.15) is 12.8 Å². The van der Waals surface area contributed by atoms with Crippen LogP contribution >= 0.6 is 0 Å². The molecule has 1 N–H and O–H groups in total. The molecule has 16 heavy (non-hydrogen) atoms. The predicted octanol–water partition coefficient (Wildman–Crippen LogP) is 1.79. The van der Waals surface area contributed by atoms with Crippen LogP contribution in [-0.2, 0) is 0 Å². The summed E-state index contributed by atoms with van der Waals surface area (Å²) in [6.07, 6.45) is 2.85. The van der Waals surface area contributed by atoms with E-state index in [1.807, 2.05) is 0 Å². The summed E-state index contributed by atoms with van der Waals surface area (Å²) in [6.45, 7) is 4.69. The maximum absolute atomic E-state index is 3.47. The Hall–Kier alpha value is -1.06. The summed E-state index contributed by atoms with van der Waals surface area (Å²) in [5.41, 5.74) is 4.66. The highest BCUT2D eigenvalue weighted by molar-refractivity contribution is 5.41. The number of rotatable bonds is 3. The highest BCUT2D eigenvalue weighted by Gasteiger charge is 2.31. The Morgan fingerprint density at radius 1 is 0.938 bits per heavy atom. The Kier molecular flexibility index (Phi) is 2.80. The lowest BCUT2D eigenvalue weighted by Crippen LogP contribution is -2.49. The molecule has 3 rings (SSSR count). The van der Waals surface area contributed by atoms with Gasteiger partial charge >= 0.3 is 0 Å². The zero-order valence-corrected chi connectivity index (χ0v) is 9.60. The summed E-state index contributed by atoms with van der Waals surface area (Å²) in [7, 11) is 0. The first kappa shape index (κ1) is 10.1. The molecular formula is C13H19N3. The zero-order chi connectivity index (χ0) is 10.8. The molecule has 1 heterocycles. The van der Waals surface area contributed by atoms with Crippen molar-refractivity contribution in [3.63, 3.8) is 0 Å². The molecule has 1 aliphatic heterocycles. The van der Waals surface area contributed by atoms with Gasteiger partial charge in [-0.25, -0.2) is 5.01 Å². The van der Waals surface area contributed by atoms with Gasteiger partial charge in [0.05, 0.1) is 0 Å². The number of hydrogen-bond donors (Lipinski definition) is 1. The number of para-hydroxylation sites is 1. The highest BCUT2D eigenvalue weighted by atomic mass is 15.5. The Bertz CT molecular complexity index is 326. The van der Waals surface area contributed by atoms with Crippen LogP contribution in [0.15, 0.2) is 30.3 Å². The van der Waals surface area contributed by atoms with E-state index in [-0.39, 0.29) is 0 Å². The fraction of sp³-hybridized carbons (Fsp3) is 0.538. The lowest BCUT2D eigenvalue weighted by Gasteiger charge is -2.35. The van der Waals surface area contributed by atoms with Crippen LogP contribution in [0.3, 0.4) is 0 Å². The summed E-state index contributed by atoms with van der Waals surface area (Å²) in [5.74, 6) is 0. The first-order valence-electron chi connectivity index (χ1n) is 6.22. The first-order valence-corrected chi connectivity index (χ1v) is 6.22. The molecule has 1 aromatic rings. The van der Waals surface area contributed by atoms with Gasteiger partial charge in [0.25, 0.3) is 0 Å². The molecule has 3 nitrogen and oxygen atoms in total. The quantitative estimate of drug-likeness (QED) is 0.833. The third-order valence-corrected chi connectivity index (χ3v) is 3.44. The maximum atomic E-state index is 3.47. The van der Waals surface area contributed by atoms with Crippen LogP contribution in [0, 0.1) is 0 Å². The Morgan fingerprint density at radius 3 is 2.25 bits per heavy atom. The number of nitrogens with one attached hydrogen (secondary N) is 1. The number of hydrazine groups is 1. The average Bonchev–Trinajstić information content (AvgIpc) is 3.15. The molecule has 0 atom stereocenters. The van der Waals surface area contributed by atoms with Crippen molar-refractivity contribution in [3.05, 3.63) is 30.3 Å². The molecule has 1 saturated heterocycles. The van der Waals surface area contributed by atoms with Gasteiger partial charge in [-0.05, 0) is 25.0 Å². The number of nitrogens with zero attached hydrogens (tertiary/aromatic N) is 2. The summed E-state index contributed by atoms with van der Waals surface area (Å²) < 4.78 is 0. The predicted molar refractivity (Wildman–Crippen MR) is 66.2 cm³/mol. The van der Waals surface area contributed by atoms with Gasteiger partial charge < -0.3 is 5.43 Å². The Balaban J connectivity index is 1.50. The van der Waals surface area contributed by atoms with E-state index >= 15 is 0 Å². The maximum Gasteiger partial charge on any atom is 0.0490 e. The van der Waals surface area contributed by atoms with Gasteiger partial charge in [-0.3, -0.25) is 4.90 Å². The van der Waals surface area contributed by atoms with Crippen LogP contribution < -0.4 is 5.43 Å². The van der Waals surface area contributed by atoms with Crippen molar-refractivity contribution >= 4 is 5.69 Å².